The predicted molar refractivity (Wildman–Crippen MR) is 64.9 cm³/mol. The van der Waals surface area contributed by atoms with Gasteiger partial charge >= 0.3 is 5.97 Å². The number of aliphatic hydroxyl groups is 2. The van der Waals surface area contributed by atoms with E-state index in [1.54, 1.807) is 13.8 Å². The van der Waals surface area contributed by atoms with Crippen LogP contribution >= 0.6 is 11.8 Å². The number of thioether (sulfide) groups is 1. The number of aliphatic hydroxyl groups excluding tert-OH is 2. The van der Waals surface area contributed by atoms with Crippen LogP contribution in [0.1, 0.15) is 13.8 Å². The molecule has 0 aromatic rings. The number of β-lactam (4-membered cyclic amide) rings is 1. The van der Waals surface area contributed by atoms with Crippen molar-refractivity contribution in [1.29, 1.82) is 0 Å². The van der Waals surface area contributed by atoms with Crippen molar-refractivity contribution in [3.05, 3.63) is 11.6 Å². The number of fused-ring (bicyclic) bond motifs is 1. The predicted octanol–water partition coefficient (Wildman–Crippen LogP) is -0.587. The van der Waals surface area contributed by atoms with E-state index in [1.807, 2.05) is 0 Å². The van der Waals surface area contributed by atoms with E-state index in [9.17, 15) is 19.8 Å². The molecule has 3 atom stereocenters. The van der Waals surface area contributed by atoms with Crippen molar-refractivity contribution in [2.45, 2.75) is 36.1 Å². The zero-order chi connectivity index (χ0) is 13.7. The van der Waals surface area contributed by atoms with Gasteiger partial charge in [-0.3, -0.25) is 4.79 Å². The molecule has 0 aromatic heterocycles. The van der Waals surface area contributed by atoms with E-state index in [-0.39, 0.29) is 11.3 Å². The molecule has 6 nitrogen and oxygen atoms in total. The summed E-state index contributed by atoms with van der Waals surface area (Å²) in [5, 5.41) is 26.9. The molecule has 2 fully saturated rings. The molecule has 2 saturated heterocycles. The molecule has 2 aliphatic heterocycles. The molecule has 3 N–H and O–H groups in total. The highest BCUT2D eigenvalue weighted by Gasteiger charge is 2.61. The minimum atomic E-state index is -1.08. The second-order valence-electron chi connectivity index (χ2n) is 4.90. The highest BCUT2D eigenvalue weighted by Crippen LogP contribution is 2.52. The highest BCUT2D eigenvalue weighted by atomic mass is 32.2. The molecule has 100 valence electrons. The fourth-order valence-electron chi connectivity index (χ4n) is 2.33. The zero-order valence-corrected chi connectivity index (χ0v) is 10.8. The van der Waals surface area contributed by atoms with Gasteiger partial charge in [-0.15, -0.1) is 11.8 Å². The standard InChI is InChI=1S/C11H15NO5S/c1-11(2)7(10(16)17)12-8(15)6(9(12)18-11)3-5(14)4-13/h3,5,7,9,13-14H,4H2,1-2H3,(H,16,17)/b6-3-/t5-,7-,9+/m0/s1. The number of carbonyl (C=O) groups is 2. The van der Waals surface area contributed by atoms with Crippen molar-refractivity contribution < 1.29 is 24.9 Å². The van der Waals surface area contributed by atoms with Crippen LogP contribution in [-0.2, 0) is 9.59 Å². The van der Waals surface area contributed by atoms with Crippen molar-refractivity contribution in [1.82, 2.24) is 4.90 Å². The molecule has 0 saturated carbocycles. The highest BCUT2D eigenvalue weighted by molar-refractivity contribution is 8.01. The third kappa shape index (κ3) is 1.82. The average molecular weight is 273 g/mol. The Morgan fingerprint density at radius 2 is 2.22 bits per heavy atom. The first-order valence-corrected chi connectivity index (χ1v) is 6.41. The summed E-state index contributed by atoms with van der Waals surface area (Å²) in [6.45, 7) is 3.10. The Labute approximate surface area is 108 Å². The molecular weight excluding hydrogens is 258 g/mol. The number of carbonyl (C=O) groups excluding carboxylic acids is 1. The lowest BCUT2D eigenvalue weighted by Gasteiger charge is -2.39. The maximum absolute atomic E-state index is 11.9. The number of carboxylic acids is 1. The minimum absolute atomic E-state index is 0.338. The fraction of sp³-hybridized carbons (Fsp3) is 0.636. The molecule has 0 aliphatic carbocycles. The summed E-state index contributed by atoms with van der Waals surface area (Å²) in [7, 11) is 0. The number of aliphatic carboxylic acids is 1. The van der Waals surface area contributed by atoms with Crippen molar-refractivity contribution >= 4 is 23.6 Å². The first-order chi connectivity index (χ1) is 8.29. The van der Waals surface area contributed by atoms with Crippen molar-refractivity contribution in [2.75, 3.05) is 6.61 Å². The van der Waals surface area contributed by atoms with E-state index >= 15 is 0 Å². The number of carboxylic acid groups (broad SMARTS) is 1. The normalized spacial score (nSPS) is 33.2. The number of nitrogens with zero attached hydrogens (tertiary/aromatic N) is 1. The molecule has 2 heterocycles. The lowest BCUT2D eigenvalue weighted by molar-refractivity contribution is -0.152. The molecule has 7 heteroatoms. The van der Waals surface area contributed by atoms with E-state index in [2.05, 4.69) is 0 Å². The zero-order valence-electron chi connectivity index (χ0n) is 10.0. The fourth-order valence-corrected chi connectivity index (χ4v) is 3.89. The summed E-state index contributed by atoms with van der Waals surface area (Å²) in [6, 6.07) is -0.858. The summed E-state index contributed by atoms with van der Waals surface area (Å²) in [5.41, 5.74) is 0.373. The van der Waals surface area contributed by atoms with Gasteiger partial charge in [0.2, 0.25) is 0 Å². The lowest BCUT2D eigenvalue weighted by atomic mass is 9.95. The van der Waals surface area contributed by atoms with E-state index in [0.29, 0.717) is 5.57 Å². The van der Waals surface area contributed by atoms with Crippen molar-refractivity contribution in [3.63, 3.8) is 0 Å². The van der Waals surface area contributed by atoms with Gasteiger partial charge in [0.05, 0.1) is 12.7 Å². The van der Waals surface area contributed by atoms with E-state index < -0.39 is 29.5 Å². The molecule has 0 bridgehead atoms. The van der Waals surface area contributed by atoms with Crippen LogP contribution in [0.4, 0.5) is 0 Å². The molecule has 0 aromatic carbocycles. The number of amides is 1. The van der Waals surface area contributed by atoms with Gasteiger partial charge in [0.1, 0.15) is 11.4 Å². The number of hydrogen-bond donors (Lipinski definition) is 3. The molecule has 0 unspecified atom stereocenters. The van der Waals surface area contributed by atoms with Crippen LogP contribution in [0.3, 0.4) is 0 Å². The van der Waals surface area contributed by atoms with Gasteiger partial charge in [-0.2, -0.15) is 0 Å². The molecule has 0 radical (unpaired) electrons. The minimum Gasteiger partial charge on any atom is -0.480 e. The van der Waals surface area contributed by atoms with E-state index in [4.69, 9.17) is 5.11 Å². The van der Waals surface area contributed by atoms with Gasteiger partial charge < -0.3 is 20.2 Å². The van der Waals surface area contributed by atoms with Crippen LogP contribution in [0, 0.1) is 0 Å². The number of hydrogen-bond acceptors (Lipinski definition) is 5. The van der Waals surface area contributed by atoms with E-state index in [1.165, 1.54) is 22.7 Å². The van der Waals surface area contributed by atoms with Crippen molar-refractivity contribution in [3.8, 4) is 0 Å². The van der Waals surface area contributed by atoms with Crippen LogP contribution in [0.25, 0.3) is 0 Å². The summed E-state index contributed by atoms with van der Waals surface area (Å²) in [6.07, 6.45) is 0.218. The van der Waals surface area contributed by atoms with Gasteiger partial charge in [-0.1, -0.05) is 0 Å². The summed E-state index contributed by atoms with van der Waals surface area (Å²) in [4.78, 5) is 24.4. The topological polar surface area (TPSA) is 98.1 Å². The SMILES string of the molecule is CC1(C)S[C@@H]2/C(=C\[C@H](O)CO)C(=O)N2[C@H]1C(=O)O. The Bertz CT molecular complexity index is 433. The van der Waals surface area contributed by atoms with Crippen LogP contribution in [-0.4, -0.2) is 61.0 Å². The van der Waals surface area contributed by atoms with Crippen LogP contribution in [0.5, 0.6) is 0 Å². The maximum Gasteiger partial charge on any atom is 0.327 e. The molecule has 18 heavy (non-hydrogen) atoms. The van der Waals surface area contributed by atoms with Gasteiger partial charge in [0, 0.05) is 10.3 Å². The Hall–Kier alpha value is -1.05. The maximum atomic E-state index is 11.9. The van der Waals surface area contributed by atoms with Crippen LogP contribution in [0.2, 0.25) is 0 Å². The van der Waals surface area contributed by atoms with Gasteiger partial charge in [-0.25, -0.2) is 4.79 Å². The lowest BCUT2D eigenvalue weighted by Crippen LogP contribution is -2.58. The molecule has 1 amide bonds. The average Bonchev–Trinajstić information content (AvgIpc) is 2.54. The molecule has 2 rings (SSSR count). The summed E-state index contributed by atoms with van der Waals surface area (Å²) < 4.78 is -0.577. The largest absolute Gasteiger partial charge is 0.480 e. The summed E-state index contributed by atoms with van der Waals surface area (Å²) in [5.74, 6) is -1.40. The van der Waals surface area contributed by atoms with Crippen molar-refractivity contribution in [2.24, 2.45) is 0 Å². The third-order valence-corrected chi connectivity index (χ3v) is 4.68. The Balaban J connectivity index is 2.27. The number of rotatable bonds is 3. The van der Waals surface area contributed by atoms with Gasteiger partial charge in [0.15, 0.2) is 0 Å². The third-order valence-electron chi connectivity index (χ3n) is 3.15. The Morgan fingerprint density at radius 1 is 1.61 bits per heavy atom. The molecular formula is C11H15NO5S. The quantitative estimate of drug-likeness (QED) is 0.470. The summed E-state index contributed by atoms with van der Waals surface area (Å²) >= 11 is 1.38. The van der Waals surface area contributed by atoms with Crippen LogP contribution < -0.4 is 0 Å². The molecule has 2 aliphatic rings. The smallest absolute Gasteiger partial charge is 0.327 e. The molecule has 0 spiro atoms. The van der Waals surface area contributed by atoms with Crippen LogP contribution in [0.15, 0.2) is 11.6 Å². The first-order valence-electron chi connectivity index (χ1n) is 5.53. The Kier molecular flexibility index (Phi) is 3.16. The Morgan fingerprint density at radius 3 is 2.72 bits per heavy atom. The second kappa shape index (κ2) is 4.25. The first kappa shape index (κ1) is 13.4. The monoisotopic (exact) mass is 273 g/mol. The van der Waals surface area contributed by atoms with Gasteiger partial charge in [-0.05, 0) is 19.9 Å². The van der Waals surface area contributed by atoms with Gasteiger partial charge in [0.25, 0.3) is 5.91 Å². The van der Waals surface area contributed by atoms with E-state index in [0.717, 1.165) is 0 Å². The second-order valence-corrected chi connectivity index (χ2v) is 6.63.